The predicted octanol–water partition coefficient (Wildman–Crippen LogP) is 2.74. The number of nitrogens with zero attached hydrogens (tertiary/aromatic N) is 1. The number of Topliss-reactive ketones (excluding diaryl/α,β-unsaturated/α-hetero) is 1. The number of ether oxygens (including phenoxy) is 1. The number of ketones is 1. The summed E-state index contributed by atoms with van der Waals surface area (Å²) in [5.74, 6) is 0.411. The number of fused-ring (bicyclic) bond motifs is 1. The molecule has 3 nitrogen and oxygen atoms in total. The molecular weight excluding hydrogens is 250 g/mol. The van der Waals surface area contributed by atoms with Gasteiger partial charge in [-0.3, -0.25) is 9.69 Å². The lowest BCUT2D eigenvalue weighted by Crippen LogP contribution is -2.41. The first-order chi connectivity index (χ1) is 9.13. The first-order valence-electron chi connectivity index (χ1n) is 7.99. The number of rotatable bonds is 2. The van der Waals surface area contributed by atoms with E-state index in [4.69, 9.17) is 4.74 Å². The average Bonchev–Trinajstić information content (AvgIpc) is 2.57. The SMILES string of the molecule is CCN1C[C@]2(C[C@H]1C(=O)C(C)(C)C)C(C)(C)C21COC1. The lowest BCUT2D eigenvalue weighted by molar-refractivity contribution is -0.130. The van der Waals surface area contributed by atoms with Gasteiger partial charge in [0.15, 0.2) is 5.78 Å². The molecule has 2 atom stereocenters. The fourth-order valence-electron chi connectivity index (χ4n) is 5.07. The maximum Gasteiger partial charge on any atom is 0.155 e. The van der Waals surface area contributed by atoms with Gasteiger partial charge in [0.1, 0.15) is 0 Å². The topological polar surface area (TPSA) is 29.5 Å². The van der Waals surface area contributed by atoms with Crippen LogP contribution in [0.1, 0.15) is 48.0 Å². The van der Waals surface area contributed by atoms with E-state index >= 15 is 0 Å². The van der Waals surface area contributed by atoms with Gasteiger partial charge < -0.3 is 4.74 Å². The normalized spacial score (nSPS) is 38.2. The second-order valence-electron chi connectivity index (χ2n) is 8.68. The van der Waals surface area contributed by atoms with E-state index < -0.39 is 0 Å². The van der Waals surface area contributed by atoms with Crippen molar-refractivity contribution >= 4 is 5.78 Å². The van der Waals surface area contributed by atoms with Crippen molar-refractivity contribution in [1.82, 2.24) is 4.90 Å². The fraction of sp³-hybridized carbons (Fsp3) is 0.941. The summed E-state index contributed by atoms with van der Waals surface area (Å²) in [4.78, 5) is 15.2. The van der Waals surface area contributed by atoms with E-state index in [9.17, 15) is 4.79 Å². The van der Waals surface area contributed by atoms with Crippen molar-refractivity contribution in [1.29, 1.82) is 0 Å². The Hall–Kier alpha value is -0.410. The van der Waals surface area contributed by atoms with Crippen molar-refractivity contribution in [2.75, 3.05) is 26.3 Å². The van der Waals surface area contributed by atoms with Gasteiger partial charge in [0.05, 0.1) is 19.3 Å². The molecule has 2 heterocycles. The van der Waals surface area contributed by atoms with Gasteiger partial charge in [0.25, 0.3) is 0 Å². The van der Waals surface area contributed by atoms with Crippen molar-refractivity contribution in [3.8, 4) is 0 Å². The smallest absolute Gasteiger partial charge is 0.155 e. The van der Waals surface area contributed by atoms with Gasteiger partial charge in [-0.2, -0.15) is 0 Å². The van der Waals surface area contributed by atoms with Crippen molar-refractivity contribution in [3.05, 3.63) is 0 Å². The minimum atomic E-state index is -0.244. The van der Waals surface area contributed by atoms with E-state index in [2.05, 4.69) is 46.4 Å². The molecule has 3 aliphatic rings. The highest BCUT2D eigenvalue weighted by Gasteiger charge is 2.86. The Balaban J connectivity index is 1.88. The third kappa shape index (κ3) is 1.41. The second kappa shape index (κ2) is 3.86. The zero-order valence-corrected chi connectivity index (χ0v) is 13.9. The van der Waals surface area contributed by atoms with E-state index in [0.717, 1.165) is 32.7 Å². The molecule has 0 aromatic carbocycles. The molecular formula is C17H29NO2. The molecule has 0 bridgehead atoms. The molecule has 0 N–H and O–H groups in total. The highest BCUT2D eigenvalue weighted by Crippen LogP contribution is 2.84. The van der Waals surface area contributed by atoms with Crippen molar-refractivity contribution in [3.63, 3.8) is 0 Å². The number of likely N-dealkylation sites (N-methyl/N-ethyl adjacent to an activating group) is 1. The van der Waals surface area contributed by atoms with E-state index in [1.165, 1.54) is 0 Å². The molecule has 0 amide bonds. The Bertz CT molecular complexity index is 444. The van der Waals surface area contributed by atoms with Crippen molar-refractivity contribution < 1.29 is 9.53 Å². The molecule has 3 rings (SSSR count). The van der Waals surface area contributed by atoms with Crippen LogP contribution in [0.15, 0.2) is 0 Å². The number of likely N-dealkylation sites (tertiary alicyclic amines) is 1. The Labute approximate surface area is 123 Å². The summed E-state index contributed by atoms with van der Waals surface area (Å²) in [5.41, 5.74) is 0.727. The maximum atomic E-state index is 12.8. The number of carbonyl (C=O) groups excluding carboxylic acids is 1. The summed E-state index contributed by atoms with van der Waals surface area (Å²) < 4.78 is 5.55. The lowest BCUT2D eigenvalue weighted by atomic mass is 9.82. The molecule has 2 saturated heterocycles. The third-order valence-corrected chi connectivity index (χ3v) is 6.85. The fourth-order valence-corrected chi connectivity index (χ4v) is 5.07. The maximum absolute atomic E-state index is 12.8. The molecule has 20 heavy (non-hydrogen) atoms. The van der Waals surface area contributed by atoms with Crippen LogP contribution in [0.3, 0.4) is 0 Å². The van der Waals surface area contributed by atoms with E-state index in [0.29, 0.717) is 22.0 Å². The van der Waals surface area contributed by atoms with Gasteiger partial charge >= 0.3 is 0 Å². The summed E-state index contributed by atoms with van der Waals surface area (Å²) in [7, 11) is 0. The van der Waals surface area contributed by atoms with Crippen LogP contribution in [0.5, 0.6) is 0 Å². The first-order valence-corrected chi connectivity index (χ1v) is 7.99. The monoisotopic (exact) mass is 279 g/mol. The largest absolute Gasteiger partial charge is 0.380 e. The first kappa shape index (κ1) is 14.5. The second-order valence-corrected chi connectivity index (χ2v) is 8.68. The van der Waals surface area contributed by atoms with Crippen LogP contribution in [0, 0.1) is 21.7 Å². The van der Waals surface area contributed by atoms with Crippen LogP contribution < -0.4 is 0 Å². The quantitative estimate of drug-likeness (QED) is 0.778. The Morgan fingerprint density at radius 2 is 1.85 bits per heavy atom. The molecule has 1 aliphatic carbocycles. The lowest BCUT2D eigenvalue weighted by Gasteiger charge is -2.32. The summed E-state index contributed by atoms with van der Waals surface area (Å²) in [6.07, 6.45) is 1.04. The standard InChI is InChI=1S/C17H29NO2/c1-7-18-9-16(8-12(18)13(19)14(2,3)4)15(5,6)17(16)10-20-11-17/h12H,7-11H2,1-6H3/t12-,16+/m0/s1. The van der Waals surface area contributed by atoms with Crippen LogP contribution >= 0.6 is 0 Å². The zero-order valence-electron chi connectivity index (χ0n) is 13.9. The molecule has 3 heteroatoms. The van der Waals surface area contributed by atoms with Gasteiger partial charge in [-0.15, -0.1) is 0 Å². The van der Waals surface area contributed by atoms with Crippen LogP contribution in [-0.4, -0.2) is 43.0 Å². The Kier molecular flexibility index (Phi) is 2.80. The van der Waals surface area contributed by atoms with Gasteiger partial charge in [-0.1, -0.05) is 41.5 Å². The number of carbonyl (C=O) groups is 1. The number of hydrogen-bond acceptors (Lipinski definition) is 3. The molecule has 2 spiro atoms. The highest BCUT2D eigenvalue weighted by molar-refractivity contribution is 5.89. The molecule has 0 unspecified atom stereocenters. The molecule has 2 aliphatic heterocycles. The third-order valence-electron chi connectivity index (χ3n) is 6.85. The molecule has 0 aromatic heterocycles. The van der Waals surface area contributed by atoms with E-state index in [-0.39, 0.29) is 11.5 Å². The van der Waals surface area contributed by atoms with E-state index in [1.807, 2.05) is 0 Å². The minimum absolute atomic E-state index is 0.110. The average molecular weight is 279 g/mol. The molecule has 0 aromatic rings. The van der Waals surface area contributed by atoms with Gasteiger partial charge in [0.2, 0.25) is 0 Å². The van der Waals surface area contributed by atoms with Crippen molar-refractivity contribution in [2.45, 2.75) is 54.0 Å². The Morgan fingerprint density at radius 3 is 2.20 bits per heavy atom. The van der Waals surface area contributed by atoms with Crippen LogP contribution in [0.2, 0.25) is 0 Å². The minimum Gasteiger partial charge on any atom is -0.380 e. The van der Waals surface area contributed by atoms with Crippen LogP contribution in [0.25, 0.3) is 0 Å². The summed E-state index contributed by atoms with van der Waals surface area (Å²) in [5, 5.41) is 0. The molecule has 114 valence electrons. The highest BCUT2D eigenvalue weighted by atomic mass is 16.5. The van der Waals surface area contributed by atoms with Gasteiger partial charge in [-0.05, 0) is 18.4 Å². The van der Waals surface area contributed by atoms with E-state index in [1.54, 1.807) is 0 Å². The van der Waals surface area contributed by atoms with Gasteiger partial charge in [0, 0.05) is 22.8 Å². The van der Waals surface area contributed by atoms with Crippen LogP contribution in [-0.2, 0) is 9.53 Å². The molecule has 1 saturated carbocycles. The summed E-state index contributed by atoms with van der Waals surface area (Å²) >= 11 is 0. The number of hydrogen-bond donors (Lipinski definition) is 0. The summed E-state index contributed by atoms with van der Waals surface area (Å²) in [6.45, 7) is 16.9. The van der Waals surface area contributed by atoms with Crippen LogP contribution in [0.4, 0.5) is 0 Å². The Morgan fingerprint density at radius 1 is 1.25 bits per heavy atom. The van der Waals surface area contributed by atoms with Gasteiger partial charge in [-0.25, -0.2) is 0 Å². The summed E-state index contributed by atoms with van der Waals surface area (Å²) in [6, 6.07) is 0.110. The molecule has 0 radical (unpaired) electrons. The zero-order chi connectivity index (χ0) is 15.0. The molecule has 3 fully saturated rings. The predicted molar refractivity (Wildman–Crippen MR) is 79.6 cm³/mol. The van der Waals surface area contributed by atoms with Crippen molar-refractivity contribution in [2.24, 2.45) is 21.7 Å².